The van der Waals surface area contributed by atoms with Gasteiger partial charge in [-0.15, -0.1) is 0 Å². The van der Waals surface area contributed by atoms with Crippen LogP contribution in [0, 0.1) is 6.92 Å². The smallest absolute Gasteiger partial charge is 0.243 e. The number of aryl methyl sites for hydroxylation is 1. The molecule has 4 heteroatoms. The van der Waals surface area contributed by atoms with Crippen LogP contribution < -0.4 is 5.32 Å². The van der Waals surface area contributed by atoms with Crippen LogP contribution in [0.2, 0.25) is 0 Å². The molecule has 2 atom stereocenters. The number of amides is 2. The minimum atomic E-state index is -0.600. The summed E-state index contributed by atoms with van der Waals surface area (Å²) >= 11 is 0. The van der Waals surface area contributed by atoms with Crippen molar-refractivity contribution in [1.82, 2.24) is 10.2 Å². The van der Waals surface area contributed by atoms with Crippen LogP contribution in [0.4, 0.5) is 0 Å². The Hall–Kier alpha value is -3.40. The van der Waals surface area contributed by atoms with E-state index in [0.29, 0.717) is 13.0 Å². The van der Waals surface area contributed by atoms with Crippen LogP contribution in [0.1, 0.15) is 42.5 Å². The minimum Gasteiger partial charge on any atom is -0.352 e. The van der Waals surface area contributed by atoms with E-state index in [9.17, 15) is 9.59 Å². The van der Waals surface area contributed by atoms with Gasteiger partial charge in [-0.2, -0.15) is 0 Å². The van der Waals surface area contributed by atoms with Crippen molar-refractivity contribution in [3.63, 3.8) is 0 Å². The van der Waals surface area contributed by atoms with E-state index < -0.39 is 6.04 Å². The number of nitrogens with one attached hydrogen (secondary N) is 1. The average Bonchev–Trinajstić information content (AvgIpc) is 2.83. The van der Waals surface area contributed by atoms with Crippen molar-refractivity contribution in [1.29, 1.82) is 0 Å². The first kappa shape index (κ1) is 24.2. The van der Waals surface area contributed by atoms with Gasteiger partial charge in [0.1, 0.15) is 6.04 Å². The number of hydrogen-bond donors (Lipinski definition) is 1. The van der Waals surface area contributed by atoms with E-state index >= 15 is 0 Å². The quantitative estimate of drug-likeness (QED) is 0.475. The average molecular weight is 443 g/mol. The molecule has 0 fully saturated rings. The molecule has 0 saturated carbocycles. The van der Waals surface area contributed by atoms with Gasteiger partial charge in [0.05, 0.1) is 6.42 Å². The highest BCUT2D eigenvalue weighted by Crippen LogP contribution is 2.18. The summed E-state index contributed by atoms with van der Waals surface area (Å²) < 4.78 is 0. The Labute approximate surface area is 197 Å². The molecule has 0 saturated heterocycles. The molecule has 33 heavy (non-hydrogen) atoms. The highest BCUT2D eigenvalue weighted by Gasteiger charge is 2.31. The standard InChI is InChI=1S/C29H34N2O2/c1-4-23(3)30-29(33)27(19-24-14-7-5-8-15-24)31(21-26-18-12-11-13-22(26)2)28(32)20-25-16-9-6-10-17-25/h5-18,23,27H,4,19-21H2,1-3H3,(H,30,33)/t23-,27+/m1/s1. The largest absolute Gasteiger partial charge is 0.352 e. The van der Waals surface area contributed by atoms with Gasteiger partial charge < -0.3 is 10.2 Å². The zero-order chi connectivity index (χ0) is 23.6. The van der Waals surface area contributed by atoms with Gasteiger partial charge in [-0.3, -0.25) is 9.59 Å². The lowest BCUT2D eigenvalue weighted by molar-refractivity contribution is -0.141. The molecule has 0 aliphatic carbocycles. The summed E-state index contributed by atoms with van der Waals surface area (Å²) in [6, 6.07) is 27.1. The van der Waals surface area contributed by atoms with Gasteiger partial charge in [0.15, 0.2) is 0 Å². The lowest BCUT2D eigenvalue weighted by Crippen LogP contribution is -2.52. The molecule has 0 spiro atoms. The second-order valence-electron chi connectivity index (χ2n) is 8.63. The highest BCUT2D eigenvalue weighted by molar-refractivity contribution is 5.89. The van der Waals surface area contributed by atoms with E-state index in [1.165, 1.54) is 0 Å². The van der Waals surface area contributed by atoms with Crippen molar-refractivity contribution in [2.24, 2.45) is 0 Å². The predicted octanol–water partition coefficient (Wildman–Crippen LogP) is 5.09. The Morgan fingerprint density at radius 1 is 0.848 bits per heavy atom. The van der Waals surface area contributed by atoms with E-state index in [1.54, 1.807) is 4.90 Å². The van der Waals surface area contributed by atoms with Crippen LogP contribution in [-0.2, 0) is 29.0 Å². The van der Waals surface area contributed by atoms with Crippen LogP contribution in [-0.4, -0.2) is 28.8 Å². The fraction of sp³-hybridized carbons (Fsp3) is 0.310. The zero-order valence-corrected chi connectivity index (χ0v) is 19.8. The molecule has 1 N–H and O–H groups in total. The molecular formula is C29H34N2O2. The zero-order valence-electron chi connectivity index (χ0n) is 19.8. The molecule has 3 rings (SSSR count). The van der Waals surface area contributed by atoms with Crippen molar-refractivity contribution >= 4 is 11.8 Å². The molecule has 0 aliphatic heterocycles. The third-order valence-electron chi connectivity index (χ3n) is 6.07. The second-order valence-corrected chi connectivity index (χ2v) is 8.63. The lowest BCUT2D eigenvalue weighted by Gasteiger charge is -2.33. The Bertz CT molecular complexity index is 1030. The molecule has 2 amide bonds. The van der Waals surface area contributed by atoms with Crippen molar-refractivity contribution in [3.8, 4) is 0 Å². The van der Waals surface area contributed by atoms with Crippen molar-refractivity contribution in [2.75, 3.05) is 0 Å². The minimum absolute atomic E-state index is 0.0420. The molecule has 0 aliphatic rings. The first-order valence-electron chi connectivity index (χ1n) is 11.7. The van der Waals surface area contributed by atoms with Gasteiger partial charge in [-0.1, -0.05) is 91.9 Å². The molecule has 0 unspecified atom stereocenters. The predicted molar refractivity (Wildman–Crippen MR) is 134 cm³/mol. The van der Waals surface area contributed by atoms with Crippen LogP contribution in [0.15, 0.2) is 84.9 Å². The molecule has 4 nitrogen and oxygen atoms in total. The van der Waals surface area contributed by atoms with Crippen molar-refractivity contribution in [2.45, 2.75) is 58.7 Å². The van der Waals surface area contributed by atoms with Gasteiger partial charge in [0, 0.05) is 19.0 Å². The number of hydrogen-bond acceptors (Lipinski definition) is 2. The lowest BCUT2D eigenvalue weighted by atomic mass is 10.00. The maximum Gasteiger partial charge on any atom is 0.243 e. The summed E-state index contributed by atoms with van der Waals surface area (Å²) in [5, 5.41) is 3.12. The molecule has 0 aromatic heterocycles. The Kier molecular flexibility index (Phi) is 8.82. The second kappa shape index (κ2) is 12.0. The molecule has 3 aromatic rings. The van der Waals surface area contributed by atoms with Gasteiger partial charge >= 0.3 is 0 Å². The maximum absolute atomic E-state index is 13.7. The summed E-state index contributed by atoms with van der Waals surface area (Å²) in [6.45, 7) is 6.47. The van der Waals surface area contributed by atoms with Crippen molar-refractivity contribution < 1.29 is 9.59 Å². The van der Waals surface area contributed by atoms with Crippen LogP contribution in [0.25, 0.3) is 0 Å². The molecule has 172 valence electrons. The number of nitrogens with zero attached hydrogens (tertiary/aromatic N) is 1. The summed E-state index contributed by atoms with van der Waals surface area (Å²) in [5.74, 6) is -0.159. The topological polar surface area (TPSA) is 49.4 Å². The molecule has 0 radical (unpaired) electrons. The van der Waals surface area contributed by atoms with Crippen molar-refractivity contribution in [3.05, 3.63) is 107 Å². The van der Waals surface area contributed by atoms with Gasteiger partial charge in [0.25, 0.3) is 0 Å². The van der Waals surface area contributed by atoms with Crippen LogP contribution >= 0.6 is 0 Å². The van der Waals surface area contributed by atoms with Gasteiger partial charge in [-0.25, -0.2) is 0 Å². The third-order valence-corrected chi connectivity index (χ3v) is 6.07. The van der Waals surface area contributed by atoms with Gasteiger partial charge in [-0.05, 0) is 42.5 Å². The monoisotopic (exact) mass is 442 g/mol. The number of rotatable bonds is 10. The first-order chi connectivity index (χ1) is 16.0. The fourth-order valence-corrected chi connectivity index (χ4v) is 3.84. The van der Waals surface area contributed by atoms with Gasteiger partial charge in [0.2, 0.25) is 11.8 Å². The van der Waals surface area contributed by atoms with E-state index in [0.717, 1.165) is 28.7 Å². The fourth-order valence-electron chi connectivity index (χ4n) is 3.84. The van der Waals surface area contributed by atoms with E-state index in [4.69, 9.17) is 0 Å². The Balaban J connectivity index is 1.97. The molecule has 3 aromatic carbocycles. The van der Waals surface area contributed by atoms with Crippen LogP contribution in [0.3, 0.4) is 0 Å². The maximum atomic E-state index is 13.7. The first-order valence-corrected chi connectivity index (χ1v) is 11.7. The van der Waals surface area contributed by atoms with E-state index in [-0.39, 0.29) is 24.3 Å². The Morgan fingerprint density at radius 2 is 1.42 bits per heavy atom. The summed E-state index contributed by atoms with van der Waals surface area (Å²) in [5.41, 5.74) is 4.13. The third kappa shape index (κ3) is 7.04. The molecule has 0 bridgehead atoms. The number of carbonyl (C=O) groups excluding carboxylic acids is 2. The SMILES string of the molecule is CC[C@@H](C)NC(=O)[C@H](Cc1ccccc1)N(Cc1ccccc1C)C(=O)Cc1ccccc1. The molecule has 0 heterocycles. The number of carbonyl (C=O) groups is 2. The summed E-state index contributed by atoms with van der Waals surface area (Å²) in [6.07, 6.45) is 1.56. The molecular weight excluding hydrogens is 408 g/mol. The van der Waals surface area contributed by atoms with E-state index in [1.807, 2.05) is 106 Å². The summed E-state index contributed by atoms with van der Waals surface area (Å²) in [4.78, 5) is 28.9. The number of benzene rings is 3. The highest BCUT2D eigenvalue weighted by atomic mass is 16.2. The van der Waals surface area contributed by atoms with Crippen LogP contribution in [0.5, 0.6) is 0 Å². The normalized spacial score (nSPS) is 12.6. The van der Waals surface area contributed by atoms with E-state index in [2.05, 4.69) is 5.32 Å². The summed E-state index contributed by atoms with van der Waals surface area (Å²) in [7, 11) is 0. The Morgan fingerprint density at radius 3 is 2.03 bits per heavy atom.